The fourth-order valence-corrected chi connectivity index (χ4v) is 2.19. The summed E-state index contributed by atoms with van der Waals surface area (Å²) in [7, 11) is 1.47. The Labute approximate surface area is 107 Å². The highest BCUT2D eigenvalue weighted by Crippen LogP contribution is 2.26. The lowest BCUT2D eigenvalue weighted by Crippen LogP contribution is -2.12. The van der Waals surface area contributed by atoms with Crippen LogP contribution in [0.1, 0.15) is 9.67 Å². The van der Waals surface area contributed by atoms with Gasteiger partial charge in [-0.1, -0.05) is 0 Å². The monoisotopic (exact) mass is 266 g/mol. The van der Waals surface area contributed by atoms with Gasteiger partial charge in [-0.3, -0.25) is 4.79 Å². The van der Waals surface area contributed by atoms with E-state index >= 15 is 0 Å². The maximum Gasteiger partial charge on any atom is 0.269 e. The van der Waals surface area contributed by atoms with Gasteiger partial charge in [-0.15, -0.1) is 11.3 Å². The molecule has 0 spiro atoms. The summed E-state index contributed by atoms with van der Waals surface area (Å²) in [5.74, 6) is -0.499. The van der Waals surface area contributed by atoms with Gasteiger partial charge in [-0.25, -0.2) is 4.39 Å². The first-order valence-electron chi connectivity index (χ1n) is 5.09. The van der Waals surface area contributed by atoms with Crippen LogP contribution in [0.2, 0.25) is 0 Å². The Morgan fingerprint density at radius 3 is 2.94 bits per heavy atom. The lowest BCUT2D eigenvalue weighted by Gasteiger charge is -2.07. The minimum Gasteiger partial charge on any atom is -0.495 e. The van der Waals surface area contributed by atoms with Crippen molar-refractivity contribution in [1.29, 1.82) is 0 Å². The first-order valence-corrected chi connectivity index (χ1v) is 5.97. The van der Waals surface area contributed by atoms with Gasteiger partial charge in [0.05, 0.1) is 12.8 Å². The maximum atomic E-state index is 13.5. The molecule has 3 N–H and O–H groups in total. The van der Waals surface area contributed by atoms with Crippen LogP contribution >= 0.6 is 11.3 Å². The van der Waals surface area contributed by atoms with Gasteiger partial charge in [0, 0.05) is 5.69 Å². The summed E-state index contributed by atoms with van der Waals surface area (Å²) in [5.41, 5.74) is 5.97. The number of methoxy groups -OCH3 is 1. The Morgan fingerprint density at radius 2 is 2.22 bits per heavy atom. The van der Waals surface area contributed by atoms with E-state index in [9.17, 15) is 9.18 Å². The van der Waals surface area contributed by atoms with Crippen molar-refractivity contribution in [2.75, 3.05) is 18.2 Å². The minimum atomic E-state index is -0.534. The first-order chi connectivity index (χ1) is 8.61. The SMILES string of the molecule is COc1ccsc1C(=O)Nc1cc(N)ccc1F. The lowest BCUT2D eigenvalue weighted by molar-refractivity contribution is 0.102. The molecule has 2 aromatic rings. The molecule has 0 aliphatic carbocycles. The van der Waals surface area contributed by atoms with Gasteiger partial charge in [0.2, 0.25) is 0 Å². The van der Waals surface area contributed by atoms with Crippen LogP contribution in [0.25, 0.3) is 0 Å². The predicted octanol–water partition coefficient (Wildman–Crippen LogP) is 2.73. The molecule has 2 rings (SSSR count). The van der Waals surface area contributed by atoms with E-state index in [1.807, 2.05) is 0 Å². The largest absolute Gasteiger partial charge is 0.495 e. The molecule has 1 amide bonds. The normalized spacial score (nSPS) is 10.1. The number of anilines is 2. The van der Waals surface area contributed by atoms with Crippen molar-refractivity contribution in [2.45, 2.75) is 0 Å². The second-order valence-electron chi connectivity index (χ2n) is 3.51. The van der Waals surface area contributed by atoms with Gasteiger partial charge in [-0.05, 0) is 29.6 Å². The number of hydrogen-bond acceptors (Lipinski definition) is 4. The molecule has 1 heterocycles. The highest BCUT2D eigenvalue weighted by Gasteiger charge is 2.15. The summed E-state index contributed by atoms with van der Waals surface area (Å²) in [4.78, 5) is 12.3. The van der Waals surface area contributed by atoms with Crippen molar-refractivity contribution in [2.24, 2.45) is 0 Å². The summed E-state index contributed by atoms with van der Waals surface area (Å²) in [6.45, 7) is 0. The Kier molecular flexibility index (Phi) is 3.47. The summed E-state index contributed by atoms with van der Waals surface area (Å²) >= 11 is 1.22. The molecule has 0 saturated carbocycles. The van der Waals surface area contributed by atoms with E-state index in [2.05, 4.69) is 5.32 Å². The number of nitrogen functional groups attached to an aromatic ring is 1. The highest BCUT2D eigenvalue weighted by atomic mass is 32.1. The standard InChI is InChI=1S/C12H11FN2O2S/c1-17-10-4-5-18-11(10)12(16)15-9-6-7(14)2-3-8(9)13/h2-6H,14H2,1H3,(H,15,16). The van der Waals surface area contributed by atoms with Gasteiger partial charge in [-0.2, -0.15) is 0 Å². The zero-order valence-corrected chi connectivity index (χ0v) is 10.4. The van der Waals surface area contributed by atoms with Crippen LogP contribution in [0, 0.1) is 5.82 Å². The number of carbonyl (C=O) groups excluding carboxylic acids is 1. The van der Waals surface area contributed by atoms with Crippen LogP contribution in [0.15, 0.2) is 29.6 Å². The molecule has 1 aromatic heterocycles. The number of carbonyl (C=O) groups is 1. The van der Waals surface area contributed by atoms with Crippen molar-refractivity contribution in [3.63, 3.8) is 0 Å². The molecule has 0 aliphatic rings. The molecular formula is C12H11FN2O2S. The van der Waals surface area contributed by atoms with Gasteiger partial charge in [0.15, 0.2) is 0 Å². The van der Waals surface area contributed by atoms with Crippen LogP contribution in [-0.4, -0.2) is 13.0 Å². The Bertz CT molecular complexity index is 583. The molecule has 18 heavy (non-hydrogen) atoms. The minimum absolute atomic E-state index is 0.0513. The first kappa shape index (κ1) is 12.4. The van der Waals surface area contributed by atoms with Crippen LogP contribution in [0.4, 0.5) is 15.8 Å². The Balaban J connectivity index is 2.24. The van der Waals surface area contributed by atoms with Crippen molar-refractivity contribution < 1.29 is 13.9 Å². The molecule has 0 saturated heterocycles. The maximum absolute atomic E-state index is 13.5. The van der Waals surface area contributed by atoms with Gasteiger partial charge < -0.3 is 15.8 Å². The molecule has 4 nitrogen and oxygen atoms in total. The molecule has 6 heteroatoms. The molecule has 0 atom stereocenters. The number of nitrogens with two attached hydrogens (primary N) is 1. The van der Waals surface area contributed by atoms with Gasteiger partial charge in [0.1, 0.15) is 16.4 Å². The van der Waals surface area contributed by atoms with Gasteiger partial charge >= 0.3 is 0 Å². The summed E-state index contributed by atoms with van der Waals surface area (Å²) in [6.07, 6.45) is 0. The highest BCUT2D eigenvalue weighted by molar-refractivity contribution is 7.12. The van der Waals surface area contributed by atoms with E-state index in [-0.39, 0.29) is 5.69 Å². The quantitative estimate of drug-likeness (QED) is 0.839. The van der Waals surface area contributed by atoms with Gasteiger partial charge in [0.25, 0.3) is 5.91 Å². The fourth-order valence-electron chi connectivity index (χ4n) is 1.44. The number of benzene rings is 1. The third kappa shape index (κ3) is 2.43. The van der Waals surface area contributed by atoms with E-state index in [4.69, 9.17) is 10.5 Å². The van der Waals surface area contributed by atoms with Crippen molar-refractivity contribution >= 4 is 28.6 Å². The summed E-state index contributed by atoms with van der Waals surface area (Å²) < 4.78 is 18.5. The lowest BCUT2D eigenvalue weighted by atomic mass is 10.2. The van der Waals surface area contributed by atoms with E-state index in [1.165, 1.54) is 36.6 Å². The zero-order valence-electron chi connectivity index (χ0n) is 9.57. The molecule has 0 fully saturated rings. The van der Waals surface area contributed by atoms with E-state index in [0.29, 0.717) is 16.3 Å². The smallest absolute Gasteiger partial charge is 0.269 e. The van der Waals surface area contributed by atoms with Crippen molar-refractivity contribution in [3.05, 3.63) is 40.3 Å². The second-order valence-corrected chi connectivity index (χ2v) is 4.43. The second kappa shape index (κ2) is 5.05. The molecule has 94 valence electrons. The molecular weight excluding hydrogens is 255 g/mol. The predicted molar refractivity (Wildman–Crippen MR) is 69.6 cm³/mol. The summed E-state index contributed by atoms with van der Waals surface area (Å²) in [6, 6.07) is 5.68. The number of halogens is 1. The Hall–Kier alpha value is -2.08. The Morgan fingerprint density at radius 1 is 1.44 bits per heavy atom. The average molecular weight is 266 g/mol. The number of nitrogens with one attached hydrogen (secondary N) is 1. The zero-order chi connectivity index (χ0) is 13.1. The third-order valence-corrected chi connectivity index (χ3v) is 3.19. The average Bonchev–Trinajstić information content (AvgIpc) is 2.82. The van der Waals surface area contributed by atoms with E-state index in [0.717, 1.165) is 0 Å². The number of amides is 1. The fraction of sp³-hybridized carbons (Fsp3) is 0.0833. The van der Waals surface area contributed by atoms with Crippen LogP contribution in [0.5, 0.6) is 5.75 Å². The van der Waals surface area contributed by atoms with Crippen LogP contribution in [0.3, 0.4) is 0 Å². The number of thiophene rings is 1. The molecule has 0 bridgehead atoms. The molecule has 1 aromatic carbocycles. The third-order valence-electron chi connectivity index (χ3n) is 2.29. The number of hydrogen-bond donors (Lipinski definition) is 2. The molecule has 0 unspecified atom stereocenters. The van der Waals surface area contributed by atoms with E-state index < -0.39 is 11.7 Å². The van der Waals surface area contributed by atoms with E-state index in [1.54, 1.807) is 11.4 Å². The topological polar surface area (TPSA) is 64.3 Å². The summed E-state index contributed by atoms with van der Waals surface area (Å²) in [5, 5.41) is 4.19. The van der Waals surface area contributed by atoms with Crippen LogP contribution in [-0.2, 0) is 0 Å². The number of rotatable bonds is 3. The molecule has 0 aliphatic heterocycles. The van der Waals surface area contributed by atoms with Crippen LogP contribution < -0.4 is 15.8 Å². The van der Waals surface area contributed by atoms with Crippen molar-refractivity contribution in [3.8, 4) is 5.75 Å². The molecule has 0 radical (unpaired) electrons. The number of ether oxygens (including phenoxy) is 1. The van der Waals surface area contributed by atoms with Crippen molar-refractivity contribution in [1.82, 2.24) is 0 Å².